The molecule has 4 atom stereocenters. The number of nitrogen functional groups attached to an aromatic ring is 1. The average Bonchev–Trinajstić information content (AvgIpc) is 3.09. The Hall–Kier alpha value is -2.52. The molecule has 3 heterocycles. The van der Waals surface area contributed by atoms with Gasteiger partial charge in [0.05, 0.1) is 16.3 Å². The number of carbonyl (C=O) groups excluding carboxylic acids is 1. The van der Waals surface area contributed by atoms with E-state index in [1.54, 1.807) is 6.07 Å². The second kappa shape index (κ2) is 6.82. The predicted molar refractivity (Wildman–Crippen MR) is 93.3 cm³/mol. The van der Waals surface area contributed by atoms with Gasteiger partial charge in [-0.05, 0) is 0 Å². The van der Waals surface area contributed by atoms with Crippen molar-refractivity contribution >= 4 is 34.4 Å². The molecule has 150 valence electrons. The van der Waals surface area contributed by atoms with E-state index in [2.05, 4.69) is 9.97 Å². The van der Waals surface area contributed by atoms with E-state index in [1.165, 1.54) is 13.8 Å². The van der Waals surface area contributed by atoms with Gasteiger partial charge in [0, 0.05) is 6.20 Å². The van der Waals surface area contributed by atoms with Crippen LogP contribution in [0.5, 0.6) is 0 Å². The summed E-state index contributed by atoms with van der Waals surface area (Å²) in [5.74, 6) is -4.36. The van der Waals surface area contributed by atoms with Crippen LogP contribution in [0.2, 0.25) is 5.02 Å². The first-order chi connectivity index (χ1) is 13.1. The van der Waals surface area contributed by atoms with Crippen molar-refractivity contribution in [3.63, 3.8) is 0 Å². The first-order valence-corrected chi connectivity index (χ1v) is 8.56. The highest BCUT2D eigenvalue weighted by Gasteiger charge is 2.66. The number of carbonyl (C=O) groups is 1. The maximum atomic E-state index is 15.3. The summed E-state index contributed by atoms with van der Waals surface area (Å²) >= 11 is 6.12. The molecular formula is C16H17ClFN5O5. The molecule has 0 aromatic carbocycles. The minimum Gasteiger partial charge on any atom is -0.459 e. The molecule has 1 aliphatic rings. The molecule has 1 saturated heterocycles. The average molecular weight is 414 g/mol. The molecule has 0 bridgehead atoms. The normalized spacial score (nSPS) is 29.9. The highest BCUT2D eigenvalue weighted by molar-refractivity contribution is 6.36. The van der Waals surface area contributed by atoms with Gasteiger partial charge in [0.15, 0.2) is 6.61 Å². The number of hydrogen-bond acceptors (Lipinski definition) is 9. The van der Waals surface area contributed by atoms with Crippen LogP contribution in [0.3, 0.4) is 0 Å². The number of anilines is 1. The highest BCUT2D eigenvalue weighted by Crippen LogP contribution is 2.45. The lowest BCUT2D eigenvalue weighted by Crippen LogP contribution is -2.45. The summed E-state index contributed by atoms with van der Waals surface area (Å²) in [6.07, 6.45) is -2.03. The van der Waals surface area contributed by atoms with Gasteiger partial charge in [0.25, 0.3) is 11.6 Å². The minimum absolute atomic E-state index is 0.00718. The highest BCUT2D eigenvalue weighted by atomic mass is 35.5. The molecule has 12 heteroatoms. The number of hydrogen-bond donors (Lipinski definition) is 3. The number of aliphatic hydroxyl groups excluding tert-OH is 2. The zero-order chi connectivity index (χ0) is 20.9. The fourth-order valence-corrected chi connectivity index (χ4v) is 3.19. The molecule has 10 nitrogen and oxygen atoms in total. The van der Waals surface area contributed by atoms with Gasteiger partial charge < -0.3 is 20.7 Å². The van der Waals surface area contributed by atoms with Gasteiger partial charge in [0.1, 0.15) is 36.1 Å². The van der Waals surface area contributed by atoms with Crippen molar-refractivity contribution in [1.82, 2.24) is 14.5 Å². The van der Waals surface area contributed by atoms with E-state index in [0.717, 1.165) is 17.1 Å². The summed E-state index contributed by atoms with van der Waals surface area (Å²) in [5, 5.41) is 30.6. The van der Waals surface area contributed by atoms with Crippen LogP contribution < -0.4 is 5.73 Å². The van der Waals surface area contributed by atoms with E-state index >= 15 is 4.39 Å². The topological polar surface area (TPSA) is 157 Å². The second-order valence-corrected chi connectivity index (χ2v) is 7.06. The van der Waals surface area contributed by atoms with Gasteiger partial charge >= 0.3 is 5.97 Å². The molecule has 2 aromatic rings. The molecule has 1 fully saturated rings. The second-order valence-electron chi connectivity index (χ2n) is 6.65. The number of rotatable bonds is 4. The summed E-state index contributed by atoms with van der Waals surface area (Å²) in [6.45, 7) is 2.03. The molecule has 0 saturated carbocycles. The zero-order valence-electron chi connectivity index (χ0n) is 14.8. The summed E-state index contributed by atoms with van der Waals surface area (Å²) in [5.41, 5.74) is 3.29. The van der Waals surface area contributed by atoms with Crippen LogP contribution in [0.1, 0.15) is 13.8 Å². The molecule has 3 rings (SSSR count). The van der Waals surface area contributed by atoms with Gasteiger partial charge in [-0.25, -0.2) is 14.4 Å². The Balaban J connectivity index is 2.06. The third-order valence-corrected chi connectivity index (χ3v) is 4.72. The Bertz CT molecular complexity index is 978. The summed E-state index contributed by atoms with van der Waals surface area (Å²) in [4.78, 5) is 19.4. The lowest BCUT2D eigenvalue weighted by molar-refractivity contribution is -0.233. The zero-order valence-corrected chi connectivity index (χ0v) is 15.6. The van der Waals surface area contributed by atoms with E-state index in [4.69, 9.17) is 26.8 Å². The van der Waals surface area contributed by atoms with Crippen molar-refractivity contribution in [3.05, 3.63) is 17.5 Å². The van der Waals surface area contributed by atoms with Gasteiger partial charge in [0.2, 0.25) is 0 Å². The molecule has 2 aromatic heterocycles. The van der Waals surface area contributed by atoms with Crippen molar-refractivity contribution < 1.29 is 28.9 Å². The first-order valence-electron chi connectivity index (χ1n) is 8.18. The molecule has 28 heavy (non-hydrogen) atoms. The van der Waals surface area contributed by atoms with Crippen molar-refractivity contribution in [3.8, 4) is 6.07 Å². The lowest BCUT2D eigenvalue weighted by Gasteiger charge is -2.27. The van der Waals surface area contributed by atoms with E-state index in [-0.39, 0.29) is 21.9 Å². The van der Waals surface area contributed by atoms with Crippen LogP contribution in [0.15, 0.2) is 12.5 Å². The molecule has 0 aliphatic carbocycles. The Morgan fingerprint density at radius 1 is 1.54 bits per heavy atom. The number of aliphatic hydroxyl groups is 2. The van der Waals surface area contributed by atoms with Crippen molar-refractivity contribution in [2.45, 2.75) is 37.6 Å². The fourth-order valence-electron chi connectivity index (χ4n) is 2.91. The smallest absolute Gasteiger partial charge is 0.308 e. The number of fused-ring (bicyclic) bond motifs is 1. The van der Waals surface area contributed by atoms with E-state index in [9.17, 15) is 20.3 Å². The van der Waals surface area contributed by atoms with E-state index in [1.807, 2.05) is 0 Å². The summed E-state index contributed by atoms with van der Waals surface area (Å²) in [7, 11) is 0. The minimum atomic E-state index is -3.05. The van der Waals surface area contributed by atoms with Crippen LogP contribution >= 0.6 is 11.6 Å². The predicted octanol–water partition coefficient (Wildman–Crippen LogP) is 0.460. The molecule has 4 N–H and O–H groups in total. The Kier molecular flexibility index (Phi) is 4.93. The number of halogens is 2. The summed E-state index contributed by atoms with van der Waals surface area (Å²) in [6, 6.07) is 1.65. The summed E-state index contributed by atoms with van der Waals surface area (Å²) < 4.78 is 26.2. The maximum absolute atomic E-state index is 15.3. The fraction of sp³-hybridized carbons (Fsp3) is 0.500. The number of nitrogens with zero attached hydrogens (tertiary/aromatic N) is 4. The van der Waals surface area contributed by atoms with Crippen molar-refractivity contribution in [2.75, 3.05) is 12.3 Å². The Labute approximate surface area is 163 Å². The van der Waals surface area contributed by atoms with Crippen LogP contribution in [0.25, 0.3) is 11.0 Å². The third kappa shape index (κ3) is 2.85. The largest absolute Gasteiger partial charge is 0.459 e. The molecule has 0 unspecified atom stereocenters. The van der Waals surface area contributed by atoms with Gasteiger partial charge in [-0.3, -0.25) is 14.1 Å². The first kappa shape index (κ1) is 20.2. The number of nitrogens with two attached hydrogens (primary N) is 1. The monoisotopic (exact) mass is 413 g/mol. The van der Waals surface area contributed by atoms with Crippen LogP contribution in [-0.2, 0) is 20.0 Å². The van der Waals surface area contributed by atoms with Gasteiger partial charge in [-0.2, -0.15) is 5.26 Å². The van der Waals surface area contributed by atoms with Gasteiger partial charge in [-0.1, -0.05) is 25.4 Å². The maximum Gasteiger partial charge on any atom is 0.308 e. The third-order valence-electron chi connectivity index (χ3n) is 4.43. The quantitative estimate of drug-likeness (QED) is 0.605. The number of esters is 1. The van der Waals surface area contributed by atoms with Crippen LogP contribution in [0.4, 0.5) is 10.2 Å². The number of nitriles is 1. The van der Waals surface area contributed by atoms with E-state index in [0.29, 0.717) is 0 Å². The molecule has 0 amide bonds. The molecule has 0 spiro atoms. The van der Waals surface area contributed by atoms with E-state index < -0.39 is 42.3 Å². The van der Waals surface area contributed by atoms with Crippen molar-refractivity contribution in [2.24, 2.45) is 5.92 Å². The lowest BCUT2D eigenvalue weighted by atomic mass is 10.0. The number of alkyl halides is 1. The standard InChI is InChI=1S/C16H17ClFN5O5/c1-7(2)14(26)27-5-15(18)10(24)11(25)16(4-19,28-15)23-3-8(17)9-12(20)21-6-22-13(9)23/h3,6-7,10-11,24-25H,5H2,1-2H3,(H2,20,21,22)/t10-,11+,15+,16+/m0/s1. The van der Waals surface area contributed by atoms with Gasteiger partial charge in [-0.15, -0.1) is 0 Å². The van der Waals surface area contributed by atoms with Crippen LogP contribution in [-0.4, -0.2) is 55.4 Å². The number of aromatic nitrogens is 3. The Morgan fingerprint density at radius 3 is 2.82 bits per heavy atom. The number of ether oxygens (including phenoxy) is 2. The SMILES string of the molecule is CC(C)C(=O)OC[C@@]1(F)O[C@@](C#N)(n2cc(Cl)c3c(N)ncnc32)[C@H](O)[C@@H]1O. The molecule has 1 aliphatic heterocycles. The molecular weight excluding hydrogens is 397 g/mol. The van der Waals surface area contributed by atoms with Crippen molar-refractivity contribution in [1.29, 1.82) is 5.26 Å². The molecule has 0 radical (unpaired) electrons. The Morgan fingerprint density at radius 2 is 2.21 bits per heavy atom. The van der Waals surface area contributed by atoms with Crippen LogP contribution in [0, 0.1) is 17.2 Å².